The molecule has 0 aliphatic rings. The molecule has 1 heteroatoms. The molecule has 1 rings (SSSR count). The number of allylic oxidation sites excluding steroid dienone is 1. The number of hydrogen-bond donors (Lipinski definition) is 0. The number of aryl methyl sites for hydroxylation is 1. The van der Waals surface area contributed by atoms with Crippen molar-refractivity contribution in [2.75, 3.05) is 0 Å². The van der Waals surface area contributed by atoms with Crippen LogP contribution in [0.1, 0.15) is 18.1 Å². The molecule has 0 spiro atoms. The van der Waals surface area contributed by atoms with Crippen LogP contribution in [0.3, 0.4) is 0 Å². The van der Waals surface area contributed by atoms with Gasteiger partial charge in [-0.05, 0) is 0 Å². The van der Waals surface area contributed by atoms with Crippen molar-refractivity contribution >= 4 is 6.08 Å². The SMILES string of the molecule is CC=C[c-]1cccc1C.[Li+]. The van der Waals surface area contributed by atoms with Gasteiger partial charge in [0.1, 0.15) is 0 Å². The van der Waals surface area contributed by atoms with E-state index in [9.17, 15) is 0 Å². The molecule has 0 saturated carbocycles. The largest absolute Gasteiger partial charge is 1.00 e. The molecular weight excluding hydrogens is 115 g/mol. The molecule has 0 aliphatic carbocycles. The van der Waals surface area contributed by atoms with E-state index >= 15 is 0 Å². The normalized spacial score (nSPS) is 9.80. The Labute approximate surface area is 74.5 Å². The minimum Gasteiger partial charge on any atom is -0.174 e. The van der Waals surface area contributed by atoms with E-state index in [0.717, 1.165) is 0 Å². The van der Waals surface area contributed by atoms with Crippen LogP contribution in [0.4, 0.5) is 0 Å². The summed E-state index contributed by atoms with van der Waals surface area (Å²) in [5.41, 5.74) is 2.69. The summed E-state index contributed by atoms with van der Waals surface area (Å²) in [4.78, 5) is 0. The molecule has 48 valence electrons. The van der Waals surface area contributed by atoms with Gasteiger partial charge in [-0.25, -0.2) is 0 Å². The third kappa shape index (κ3) is 2.14. The van der Waals surface area contributed by atoms with Crippen LogP contribution in [0.15, 0.2) is 24.3 Å². The van der Waals surface area contributed by atoms with Gasteiger partial charge in [-0.1, -0.05) is 13.8 Å². The van der Waals surface area contributed by atoms with E-state index in [-0.39, 0.29) is 18.9 Å². The Morgan fingerprint density at radius 1 is 1.50 bits per heavy atom. The van der Waals surface area contributed by atoms with Crippen LogP contribution in [-0.2, 0) is 0 Å². The van der Waals surface area contributed by atoms with Crippen molar-refractivity contribution in [2.45, 2.75) is 13.8 Å². The van der Waals surface area contributed by atoms with Crippen LogP contribution >= 0.6 is 0 Å². The smallest absolute Gasteiger partial charge is 0.174 e. The minimum atomic E-state index is 0. The van der Waals surface area contributed by atoms with E-state index in [0.29, 0.717) is 0 Å². The first-order valence-electron chi connectivity index (χ1n) is 3.19. The van der Waals surface area contributed by atoms with Gasteiger partial charge < -0.3 is 0 Å². The van der Waals surface area contributed by atoms with Crippen LogP contribution < -0.4 is 18.9 Å². The summed E-state index contributed by atoms with van der Waals surface area (Å²) in [7, 11) is 0. The van der Waals surface area contributed by atoms with Crippen molar-refractivity contribution in [3.63, 3.8) is 0 Å². The zero-order chi connectivity index (χ0) is 6.69. The summed E-state index contributed by atoms with van der Waals surface area (Å²) in [6, 6.07) is 6.31. The molecule has 0 aromatic heterocycles. The van der Waals surface area contributed by atoms with Crippen molar-refractivity contribution in [1.82, 2.24) is 0 Å². The van der Waals surface area contributed by atoms with E-state index in [4.69, 9.17) is 0 Å². The van der Waals surface area contributed by atoms with Crippen LogP contribution in [0.5, 0.6) is 0 Å². The molecule has 0 nitrogen and oxygen atoms in total. The average molecular weight is 126 g/mol. The van der Waals surface area contributed by atoms with Gasteiger partial charge in [0.25, 0.3) is 0 Å². The second-order valence-electron chi connectivity index (χ2n) is 2.16. The summed E-state index contributed by atoms with van der Waals surface area (Å²) >= 11 is 0. The second kappa shape index (κ2) is 4.49. The molecule has 0 atom stereocenters. The summed E-state index contributed by atoms with van der Waals surface area (Å²) in [6.07, 6.45) is 4.18. The maximum Gasteiger partial charge on any atom is 1.00 e. The minimum absolute atomic E-state index is 0. The van der Waals surface area contributed by atoms with Gasteiger partial charge in [0.2, 0.25) is 0 Å². The Balaban J connectivity index is 0.000000810. The van der Waals surface area contributed by atoms with Gasteiger partial charge in [0, 0.05) is 0 Å². The van der Waals surface area contributed by atoms with Crippen molar-refractivity contribution in [2.24, 2.45) is 0 Å². The van der Waals surface area contributed by atoms with Crippen molar-refractivity contribution < 1.29 is 18.9 Å². The maximum atomic E-state index is 2.12. The predicted molar refractivity (Wildman–Crippen MR) is 41.5 cm³/mol. The van der Waals surface area contributed by atoms with Crippen LogP contribution in [0, 0.1) is 6.92 Å². The molecule has 0 radical (unpaired) electrons. The molecule has 0 N–H and O–H groups in total. The first kappa shape index (κ1) is 9.69. The molecule has 0 saturated heterocycles. The third-order valence-electron chi connectivity index (χ3n) is 1.42. The van der Waals surface area contributed by atoms with Crippen LogP contribution in [0.25, 0.3) is 6.08 Å². The fourth-order valence-corrected chi connectivity index (χ4v) is 0.890. The third-order valence-corrected chi connectivity index (χ3v) is 1.42. The zero-order valence-electron chi connectivity index (χ0n) is 6.89. The molecule has 10 heavy (non-hydrogen) atoms. The quantitative estimate of drug-likeness (QED) is 0.359. The van der Waals surface area contributed by atoms with Gasteiger partial charge in [-0.2, -0.15) is 18.2 Å². The van der Waals surface area contributed by atoms with Crippen molar-refractivity contribution in [3.8, 4) is 0 Å². The van der Waals surface area contributed by atoms with Crippen molar-refractivity contribution in [3.05, 3.63) is 35.4 Å². The first-order valence-corrected chi connectivity index (χ1v) is 3.19. The van der Waals surface area contributed by atoms with Crippen LogP contribution in [-0.4, -0.2) is 0 Å². The Hall–Kier alpha value is -0.313. The number of hydrogen-bond acceptors (Lipinski definition) is 0. The Bertz CT molecular complexity index is 208. The Morgan fingerprint density at radius 3 is 2.60 bits per heavy atom. The van der Waals surface area contributed by atoms with E-state index in [1.807, 2.05) is 6.92 Å². The summed E-state index contributed by atoms with van der Waals surface area (Å²) < 4.78 is 0. The topological polar surface area (TPSA) is 0 Å². The first-order chi connectivity index (χ1) is 4.34. The van der Waals surface area contributed by atoms with E-state index < -0.39 is 0 Å². The molecule has 0 heterocycles. The molecule has 0 bridgehead atoms. The molecule has 0 unspecified atom stereocenters. The van der Waals surface area contributed by atoms with E-state index in [2.05, 4.69) is 37.3 Å². The van der Waals surface area contributed by atoms with Gasteiger partial charge in [0.15, 0.2) is 0 Å². The average Bonchev–Trinajstić information content (AvgIpc) is 2.18. The molecular formula is C9H11Li. The molecule has 0 aliphatic heterocycles. The summed E-state index contributed by atoms with van der Waals surface area (Å²) in [5.74, 6) is 0. The molecule has 0 fully saturated rings. The van der Waals surface area contributed by atoms with E-state index in [1.54, 1.807) is 0 Å². The number of rotatable bonds is 1. The monoisotopic (exact) mass is 126 g/mol. The van der Waals surface area contributed by atoms with Crippen LogP contribution in [0.2, 0.25) is 0 Å². The molecule has 0 amide bonds. The fraction of sp³-hybridized carbons (Fsp3) is 0.222. The fourth-order valence-electron chi connectivity index (χ4n) is 0.890. The summed E-state index contributed by atoms with van der Waals surface area (Å²) in [6.45, 7) is 4.15. The van der Waals surface area contributed by atoms with Gasteiger partial charge in [0.05, 0.1) is 0 Å². The molecule has 1 aromatic rings. The Kier molecular flexibility index (Phi) is 4.35. The van der Waals surface area contributed by atoms with Gasteiger partial charge >= 0.3 is 18.9 Å². The Morgan fingerprint density at radius 2 is 2.20 bits per heavy atom. The van der Waals surface area contributed by atoms with Gasteiger partial charge in [-0.3, -0.25) is 0 Å². The van der Waals surface area contributed by atoms with Crippen molar-refractivity contribution in [1.29, 1.82) is 0 Å². The zero-order valence-corrected chi connectivity index (χ0v) is 6.89. The van der Waals surface area contributed by atoms with Gasteiger partial charge in [-0.15, -0.1) is 23.3 Å². The molecule has 1 aromatic carbocycles. The van der Waals surface area contributed by atoms with E-state index in [1.165, 1.54) is 11.1 Å². The standard InChI is InChI=1S/C9H11.Li/c1-3-5-9-7-4-6-8(9)2;/h3-7H,1-2H3;/q-1;+1. The summed E-state index contributed by atoms with van der Waals surface area (Å²) in [5, 5.41) is 0. The predicted octanol–water partition coefficient (Wildman–Crippen LogP) is -0.249. The second-order valence-corrected chi connectivity index (χ2v) is 2.16. The maximum absolute atomic E-state index is 2.12.